The minimum atomic E-state index is -4.55. The number of rotatable bonds is 5. The van der Waals surface area contributed by atoms with E-state index in [2.05, 4.69) is 10.4 Å². The van der Waals surface area contributed by atoms with Crippen LogP contribution in [0.2, 0.25) is 0 Å². The summed E-state index contributed by atoms with van der Waals surface area (Å²) in [6, 6.07) is 12.2. The first kappa shape index (κ1) is 23.7. The molecule has 1 N–H and O–H groups in total. The minimum absolute atomic E-state index is 0.0633. The summed E-state index contributed by atoms with van der Waals surface area (Å²) in [5.41, 5.74) is -0.461. The number of halogens is 3. The average molecular weight is 458 g/mol. The Balaban J connectivity index is 1.82. The first-order chi connectivity index (χ1) is 15.5. The Morgan fingerprint density at radius 2 is 1.73 bits per heavy atom. The zero-order valence-corrected chi connectivity index (χ0v) is 18.1. The van der Waals surface area contributed by atoms with Crippen molar-refractivity contribution in [2.24, 2.45) is 0 Å². The van der Waals surface area contributed by atoms with Crippen molar-refractivity contribution < 1.29 is 22.8 Å². The summed E-state index contributed by atoms with van der Waals surface area (Å²) in [7, 11) is 3.27. The van der Waals surface area contributed by atoms with Gasteiger partial charge in [-0.2, -0.15) is 18.3 Å². The number of benzene rings is 2. The molecule has 7 nitrogen and oxygen atoms in total. The van der Waals surface area contributed by atoms with E-state index in [9.17, 15) is 27.6 Å². The van der Waals surface area contributed by atoms with Gasteiger partial charge in [-0.15, -0.1) is 0 Å². The molecule has 0 saturated carbocycles. The van der Waals surface area contributed by atoms with E-state index in [1.807, 2.05) is 0 Å². The van der Waals surface area contributed by atoms with E-state index in [0.717, 1.165) is 22.9 Å². The zero-order chi connectivity index (χ0) is 24.3. The maximum Gasteiger partial charge on any atom is 0.416 e. The zero-order valence-electron chi connectivity index (χ0n) is 18.1. The highest BCUT2D eigenvalue weighted by Gasteiger charge is 2.30. The van der Waals surface area contributed by atoms with Crippen LogP contribution < -0.4 is 10.7 Å². The molecule has 2 aromatic carbocycles. The van der Waals surface area contributed by atoms with Crippen molar-refractivity contribution in [1.29, 1.82) is 0 Å². The van der Waals surface area contributed by atoms with Gasteiger partial charge in [-0.25, -0.2) is 4.68 Å². The SMILES string of the molecule is Cc1cc(=O)c(C(=O)NCc2ccc(C(=O)N(C)C)cc2)nn1-c1cccc(C(F)(F)F)c1. The van der Waals surface area contributed by atoms with E-state index in [0.29, 0.717) is 11.1 Å². The third-order valence-electron chi connectivity index (χ3n) is 4.80. The number of aryl methyl sites for hydroxylation is 1. The summed E-state index contributed by atoms with van der Waals surface area (Å²) in [4.78, 5) is 38.3. The predicted molar refractivity (Wildman–Crippen MR) is 115 cm³/mol. The quantitative estimate of drug-likeness (QED) is 0.637. The van der Waals surface area contributed by atoms with Crippen LogP contribution in [0.15, 0.2) is 59.4 Å². The fourth-order valence-corrected chi connectivity index (χ4v) is 3.07. The fraction of sp³-hybridized carbons (Fsp3) is 0.217. The number of hydrogen-bond donors (Lipinski definition) is 1. The standard InChI is InChI=1S/C23H21F3N4O3/c1-14-11-19(31)20(28-30(14)18-6-4-5-17(12-18)23(24,25)26)21(32)27-13-15-7-9-16(10-8-15)22(33)29(2)3/h4-12H,13H2,1-3H3,(H,27,32). The van der Waals surface area contributed by atoms with Crippen LogP contribution in [-0.4, -0.2) is 40.6 Å². The van der Waals surface area contributed by atoms with E-state index in [1.165, 1.54) is 24.0 Å². The molecule has 0 unspecified atom stereocenters. The van der Waals surface area contributed by atoms with Gasteiger partial charge in [-0.1, -0.05) is 18.2 Å². The second kappa shape index (κ2) is 9.27. The summed E-state index contributed by atoms with van der Waals surface area (Å²) in [6.07, 6.45) is -4.55. The van der Waals surface area contributed by atoms with E-state index in [-0.39, 0.29) is 23.8 Å². The molecular formula is C23H21F3N4O3. The highest BCUT2D eigenvalue weighted by Crippen LogP contribution is 2.30. The first-order valence-electron chi connectivity index (χ1n) is 9.85. The molecule has 10 heteroatoms. The maximum atomic E-state index is 13.1. The molecule has 0 fully saturated rings. The van der Waals surface area contributed by atoms with Crippen LogP contribution in [0.5, 0.6) is 0 Å². The molecule has 0 aliphatic rings. The largest absolute Gasteiger partial charge is 0.416 e. The van der Waals surface area contributed by atoms with Crippen molar-refractivity contribution in [3.8, 4) is 5.69 Å². The molecule has 1 aromatic heterocycles. The number of carbonyl (C=O) groups is 2. The van der Waals surface area contributed by atoms with Gasteiger partial charge in [0, 0.05) is 38.0 Å². The van der Waals surface area contributed by atoms with Gasteiger partial charge in [0.2, 0.25) is 5.43 Å². The lowest BCUT2D eigenvalue weighted by Gasteiger charge is -2.14. The number of amides is 2. The monoisotopic (exact) mass is 458 g/mol. The molecule has 0 aliphatic carbocycles. The topological polar surface area (TPSA) is 84.3 Å². The molecule has 0 atom stereocenters. The van der Waals surface area contributed by atoms with Gasteiger partial charge in [-0.3, -0.25) is 14.4 Å². The van der Waals surface area contributed by atoms with Crippen molar-refractivity contribution in [2.75, 3.05) is 14.1 Å². The van der Waals surface area contributed by atoms with Crippen LogP contribution in [0.25, 0.3) is 5.69 Å². The van der Waals surface area contributed by atoms with Crippen molar-refractivity contribution in [3.63, 3.8) is 0 Å². The molecule has 0 spiro atoms. The molecule has 0 saturated heterocycles. The van der Waals surface area contributed by atoms with Gasteiger partial charge in [-0.05, 0) is 42.8 Å². The molecule has 0 aliphatic heterocycles. The van der Waals surface area contributed by atoms with Gasteiger partial charge < -0.3 is 10.2 Å². The van der Waals surface area contributed by atoms with Crippen molar-refractivity contribution in [2.45, 2.75) is 19.6 Å². The predicted octanol–water partition coefficient (Wildman–Crippen LogP) is 3.19. The average Bonchev–Trinajstić information content (AvgIpc) is 2.77. The normalized spacial score (nSPS) is 11.2. The van der Waals surface area contributed by atoms with Crippen molar-refractivity contribution >= 4 is 11.8 Å². The summed E-state index contributed by atoms with van der Waals surface area (Å²) < 4.78 is 40.3. The lowest BCUT2D eigenvalue weighted by molar-refractivity contribution is -0.137. The van der Waals surface area contributed by atoms with Crippen molar-refractivity contribution in [1.82, 2.24) is 20.0 Å². The van der Waals surface area contributed by atoms with Crippen LogP contribution in [0.4, 0.5) is 13.2 Å². The minimum Gasteiger partial charge on any atom is -0.346 e. The third-order valence-corrected chi connectivity index (χ3v) is 4.80. The second-order valence-corrected chi connectivity index (χ2v) is 7.54. The molecule has 1 heterocycles. The first-order valence-corrected chi connectivity index (χ1v) is 9.85. The van der Waals surface area contributed by atoms with E-state index in [1.54, 1.807) is 38.4 Å². The summed E-state index contributed by atoms with van der Waals surface area (Å²) in [5.74, 6) is -0.932. The highest BCUT2D eigenvalue weighted by atomic mass is 19.4. The number of carbonyl (C=O) groups excluding carboxylic acids is 2. The smallest absolute Gasteiger partial charge is 0.346 e. The van der Waals surface area contributed by atoms with Gasteiger partial charge in [0.25, 0.3) is 11.8 Å². The lowest BCUT2D eigenvalue weighted by Crippen LogP contribution is -2.31. The second-order valence-electron chi connectivity index (χ2n) is 7.54. The Morgan fingerprint density at radius 1 is 1.06 bits per heavy atom. The Morgan fingerprint density at radius 3 is 2.33 bits per heavy atom. The van der Waals surface area contributed by atoms with Crippen LogP contribution in [-0.2, 0) is 12.7 Å². The van der Waals surface area contributed by atoms with Gasteiger partial charge in [0.05, 0.1) is 11.3 Å². The lowest BCUT2D eigenvalue weighted by atomic mass is 10.1. The summed E-state index contributed by atoms with van der Waals surface area (Å²) >= 11 is 0. The molecule has 0 bridgehead atoms. The number of alkyl halides is 3. The highest BCUT2D eigenvalue weighted by molar-refractivity contribution is 5.94. The third kappa shape index (κ3) is 5.46. The van der Waals surface area contributed by atoms with Crippen molar-refractivity contribution in [3.05, 3.63) is 92.9 Å². The molecule has 172 valence electrons. The number of hydrogen-bond acceptors (Lipinski definition) is 4. The Labute approximate surface area is 187 Å². The molecular weight excluding hydrogens is 437 g/mol. The number of nitrogens with one attached hydrogen (secondary N) is 1. The number of aromatic nitrogens is 2. The molecule has 33 heavy (non-hydrogen) atoms. The molecule has 3 rings (SSSR count). The van der Waals surface area contributed by atoms with Crippen LogP contribution >= 0.6 is 0 Å². The fourth-order valence-electron chi connectivity index (χ4n) is 3.07. The Hall–Kier alpha value is -3.95. The van der Waals surface area contributed by atoms with Crippen LogP contribution in [0, 0.1) is 6.92 Å². The molecule has 3 aromatic rings. The van der Waals surface area contributed by atoms with E-state index in [4.69, 9.17) is 0 Å². The number of nitrogens with zero attached hydrogens (tertiary/aromatic N) is 3. The summed E-state index contributed by atoms with van der Waals surface area (Å²) in [5, 5.41) is 6.58. The maximum absolute atomic E-state index is 13.1. The molecule has 0 radical (unpaired) electrons. The summed E-state index contributed by atoms with van der Waals surface area (Å²) in [6.45, 7) is 1.57. The van der Waals surface area contributed by atoms with E-state index < -0.39 is 28.8 Å². The van der Waals surface area contributed by atoms with Gasteiger partial charge >= 0.3 is 6.18 Å². The Bertz CT molecular complexity index is 1250. The Kier molecular flexibility index (Phi) is 6.66. The van der Waals surface area contributed by atoms with Crippen LogP contribution in [0.3, 0.4) is 0 Å². The van der Waals surface area contributed by atoms with Gasteiger partial charge in [0.1, 0.15) is 0 Å². The van der Waals surface area contributed by atoms with Crippen LogP contribution in [0.1, 0.15) is 37.7 Å². The molecule has 2 amide bonds. The van der Waals surface area contributed by atoms with E-state index >= 15 is 0 Å². The van der Waals surface area contributed by atoms with Gasteiger partial charge in [0.15, 0.2) is 5.69 Å².